The van der Waals surface area contributed by atoms with Crippen molar-refractivity contribution < 1.29 is 38.5 Å². The van der Waals surface area contributed by atoms with E-state index < -0.39 is 35.5 Å². The van der Waals surface area contributed by atoms with Crippen LogP contribution < -0.4 is 0 Å². The molecule has 0 amide bonds. The van der Waals surface area contributed by atoms with E-state index in [1.54, 1.807) is 26.0 Å². The highest BCUT2D eigenvalue weighted by Crippen LogP contribution is 2.70. The number of Topliss-reactive ketones (excluding diaryl/α,β-unsaturated/α-hetero) is 2. The number of hydrogen-bond donors (Lipinski definition) is 1. The molecular weight excluding hydrogens is 795 g/mol. The fraction of sp³-hybridized carbons (Fsp3) is 0.635. The second-order valence-electron chi connectivity index (χ2n) is 21.0. The molecular formula is C52H65N3O8. The summed E-state index contributed by atoms with van der Waals surface area (Å²) in [5, 5.41) is 13.0. The summed E-state index contributed by atoms with van der Waals surface area (Å²) in [7, 11) is 0. The molecule has 11 heteroatoms. The monoisotopic (exact) mass is 859 g/mol. The van der Waals surface area contributed by atoms with Crippen molar-refractivity contribution in [1.29, 1.82) is 0 Å². The highest BCUT2D eigenvalue weighted by atomic mass is 16.7. The molecule has 4 saturated carbocycles. The van der Waals surface area contributed by atoms with Crippen LogP contribution >= 0.6 is 0 Å². The van der Waals surface area contributed by atoms with E-state index in [-0.39, 0.29) is 59.1 Å². The molecule has 0 bridgehead atoms. The van der Waals surface area contributed by atoms with E-state index in [4.69, 9.17) is 14.2 Å². The highest BCUT2D eigenvalue weighted by Gasteiger charge is 2.76. The Morgan fingerprint density at radius 1 is 1.03 bits per heavy atom. The van der Waals surface area contributed by atoms with Gasteiger partial charge in [-0.2, -0.15) is 0 Å². The number of allylic oxidation sites excluding steroid dienone is 4. The van der Waals surface area contributed by atoms with E-state index in [1.807, 2.05) is 25.4 Å². The Kier molecular flexibility index (Phi) is 10.9. The Morgan fingerprint density at radius 3 is 2.60 bits per heavy atom. The number of rotatable bonds is 7. The predicted octanol–water partition coefficient (Wildman–Crippen LogP) is 8.24. The van der Waals surface area contributed by atoms with E-state index in [1.165, 1.54) is 35.0 Å². The molecule has 10 atom stereocenters. The van der Waals surface area contributed by atoms with Gasteiger partial charge in [-0.05, 0) is 101 Å². The topological polar surface area (TPSA) is 139 Å². The molecule has 0 unspecified atom stereocenters. The number of aryl methyl sites for hydroxylation is 3. The van der Waals surface area contributed by atoms with E-state index >= 15 is 0 Å². The number of nitrogens with zero attached hydrogens (tertiary/aromatic N) is 3. The van der Waals surface area contributed by atoms with Gasteiger partial charge in [0.2, 0.25) is 5.78 Å². The molecule has 5 fully saturated rings. The zero-order valence-corrected chi connectivity index (χ0v) is 37.8. The zero-order valence-electron chi connectivity index (χ0n) is 37.8. The Labute approximate surface area is 371 Å². The maximum absolute atomic E-state index is 14.2. The van der Waals surface area contributed by atoms with Gasteiger partial charge in [0, 0.05) is 70.7 Å². The second-order valence-corrected chi connectivity index (χ2v) is 21.0. The molecule has 6 aliphatic carbocycles. The number of carbonyl (C=O) groups is 4. The first-order valence-corrected chi connectivity index (χ1v) is 24.1. The molecule has 1 N–H and O–H groups in total. The lowest BCUT2D eigenvalue weighted by atomic mass is 9.46. The Hall–Kier alpha value is -4.19. The summed E-state index contributed by atoms with van der Waals surface area (Å²) in [6.45, 7) is 11.2. The van der Waals surface area contributed by atoms with Crippen LogP contribution in [0.4, 0.5) is 0 Å². The van der Waals surface area contributed by atoms with Gasteiger partial charge in [-0.1, -0.05) is 76.8 Å². The number of ketones is 3. The number of para-hydroxylation sites is 1. The average molecular weight is 860 g/mol. The van der Waals surface area contributed by atoms with Crippen LogP contribution in [-0.2, 0) is 54.5 Å². The summed E-state index contributed by atoms with van der Waals surface area (Å²) in [5.41, 5.74) is 3.82. The van der Waals surface area contributed by atoms with Crippen LogP contribution in [0.1, 0.15) is 126 Å². The molecule has 1 aromatic carbocycles. The summed E-state index contributed by atoms with van der Waals surface area (Å²) < 4.78 is 23.6. The lowest BCUT2D eigenvalue weighted by Gasteiger charge is -2.59. The first-order valence-electron chi connectivity index (χ1n) is 24.1. The lowest BCUT2D eigenvalue weighted by Crippen LogP contribution is -2.63. The van der Waals surface area contributed by atoms with Crippen LogP contribution in [0.5, 0.6) is 0 Å². The summed E-state index contributed by atoms with van der Waals surface area (Å²) in [5.74, 6) is 0.902. The fourth-order valence-electron chi connectivity index (χ4n) is 14.2. The fourth-order valence-corrected chi connectivity index (χ4v) is 14.2. The van der Waals surface area contributed by atoms with Gasteiger partial charge in [0.15, 0.2) is 30.1 Å². The third-order valence-electron chi connectivity index (χ3n) is 17.3. The Morgan fingerprint density at radius 2 is 1.84 bits per heavy atom. The summed E-state index contributed by atoms with van der Waals surface area (Å²) in [4.78, 5) is 56.3. The van der Waals surface area contributed by atoms with Crippen LogP contribution in [-0.4, -0.2) is 73.2 Å². The number of aliphatic hydroxyl groups excluding tert-OH is 1. The van der Waals surface area contributed by atoms with E-state index in [0.29, 0.717) is 18.6 Å². The smallest absolute Gasteiger partial charge is 0.308 e. The van der Waals surface area contributed by atoms with Gasteiger partial charge >= 0.3 is 5.97 Å². The molecule has 4 heterocycles. The number of ether oxygens (including phenoxy) is 3. The number of benzene rings is 1. The molecule has 2 aliphatic heterocycles. The first-order chi connectivity index (χ1) is 30.2. The third kappa shape index (κ3) is 6.71. The SMILES string of the molecule is CC(C)C(=O)OCC(=O)[C@@]12O[C@H](C3CCCCC3)O[C@@H]1C[C@H]1[C@@H]3CCC4=CC(=O)C=C[C@]4(C)[C@H]3[C@@H](O)C[C@@]12C.Cc1nccn1C[C@H]1CCc2c(c3cccc4c3n2CCC4)C1=O. The number of aliphatic hydroxyl groups is 1. The number of esters is 1. The van der Waals surface area contributed by atoms with Crippen molar-refractivity contribution in [2.75, 3.05) is 6.61 Å². The van der Waals surface area contributed by atoms with Crippen LogP contribution in [0, 0.1) is 53.3 Å². The van der Waals surface area contributed by atoms with Crippen LogP contribution in [0.3, 0.4) is 0 Å². The Bertz CT molecular complexity index is 2400. The van der Waals surface area contributed by atoms with Crippen molar-refractivity contribution in [3.8, 4) is 0 Å². The molecule has 8 aliphatic rings. The zero-order chi connectivity index (χ0) is 44.0. The molecule has 336 valence electrons. The third-order valence-corrected chi connectivity index (χ3v) is 17.3. The Balaban J connectivity index is 0.000000167. The van der Waals surface area contributed by atoms with Crippen LogP contribution in [0.2, 0.25) is 0 Å². The molecule has 11 rings (SSSR count). The van der Waals surface area contributed by atoms with E-state index in [9.17, 15) is 24.3 Å². The van der Waals surface area contributed by atoms with Gasteiger partial charge in [0.25, 0.3) is 0 Å². The second kappa shape index (κ2) is 16.1. The lowest BCUT2D eigenvalue weighted by molar-refractivity contribution is -0.210. The minimum absolute atomic E-state index is 0.0162. The maximum atomic E-state index is 14.2. The summed E-state index contributed by atoms with van der Waals surface area (Å²) in [6, 6.07) is 6.48. The molecule has 1 saturated heterocycles. The maximum Gasteiger partial charge on any atom is 0.308 e. The minimum Gasteiger partial charge on any atom is -0.457 e. The van der Waals surface area contributed by atoms with Crippen molar-refractivity contribution >= 4 is 34.2 Å². The van der Waals surface area contributed by atoms with Crippen molar-refractivity contribution in [3.63, 3.8) is 0 Å². The number of fused-ring (bicyclic) bond motifs is 10. The average Bonchev–Trinajstić information content (AvgIpc) is 4.02. The van der Waals surface area contributed by atoms with Crippen molar-refractivity contribution in [2.24, 2.45) is 46.3 Å². The quantitative estimate of drug-likeness (QED) is 0.233. The van der Waals surface area contributed by atoms with Gasteiger partial charge < -0.3 is 28.5 Å². The number of carbonyl (C=O) groups excluding carboxylic acids is 4. The van der Waals surface area contributed by atoms with Gasteiger partial charge in [-0.3, -0.25) is 19.2 Å². The van der Waals surface area contributed by atoms with Gasteiger partial charge in [-0.15, -0.1) is 0 Å². The molecule has 63 heavy (non-hydrogen) atoms. The summed E-state index contributed by atoms with van der Waals surface area (Å²) >= 11 is 0. The minimum atomic E-state index is -1.25. The van der Waals surface area contributed by atoms with Gasteiger partial charge in [0.1, 0.15) is 5.82 Å². The standard InChI is InChI=1S/C32H44O7.C20H21N3O/c1-18(2)28(36)37-17-25(35)32-26(38-29(39-32)19-8-6-5-7-9-19)15-23-22-11-10-20-14-21(33)12-13-30(20,3)27(22)24(34)16-31(23,32)4;1-13-21-9-11-22(13)12-15-7-8-17-18(20(15)24)16-6-2-4-14-5-3-10-23(17)19(14)16/h12-14,18-19,22-24,26-27,29,34H,5-11,15-17H2,1-4H3;2,4,6,9,11,15H,3,5,7-8,10,12H2,1H3/t22-,23-,24-,26+,27+,29+,30-,31-,32+;15-/m01/s1. The highest BCUT2D eigenvalue weighted by molar-refractivity contribution is 6.12. The molecule has 0 spiro atoms. The van der Waals surface area contributed by atoms with Gasteiger partial charge in [-0.25, -0.2) is 4.98 Å². The van der Waals surface area contributed by atoms with Crippen LogP contribution in [0.15, 0.2) is 54.4 Å². The van der Waals surface area contributed by atoms with Crippen molar-refractivity contribution in [1.82, 2.24) is 14.1 Å². The van der Waals surface area contributed by atoms with Crippen molar-refractivity contribution in [3.05, 3.63) is 77.0 Å². The largest absolute Gasteiger partial charge is 0.457 e. The summed E-state index contributed by atoms with van der Waals surface area (Å²) in [6.07, 6.45) is 20.2. The normalized spacial score (nSPS) is 35.5. The van der Waals surface area contributed by atoms with Crippen LogP contribution in [0.25, 0.3) is 10.9 Å². The first kappa shape index (κ1) is 42.7. The van der Waals surface area contributed by atoms with Crippen molar-refractivity contribution in [2.45, 2.75) is 155 Å². The van der Waals surface area contributed by atoms with E-state index in [2.05, 4.69) is 46.2 Å². The molecule has 3 aromatic rings. The molecule has 0 radical (unpaired) electrons. The predicted molar refractivity (Wildman–Crippen MR) is 237 cm³/mol. The number of hydrogen-bond acceptors (Lipinski definition) is 9. The van der Waals surface area contributed by atoms with E-state index in [0.717, 1.165) is 87.8 Å². The molecule has 2 aromatic heterocycles. The van der Waals surface area contributed by atoms with Gasteiger partial charge in [0.05, 0.1) is 23.6 Å². The molecule has 11 nitrogen and oxygen atoms in total. The number of imidazole rings is 1. The number of aromatic nitrogens is 3.